The lowest BCUT2D eigenvalue weighted by Crippen LogP contribution is -1.97. The molecule has 0 fully saturated rings. The van der Waals surface area contributed by atoms with E-state index in [1.54, 1.807) is 6.07 Å². The Morgan fingerprint density at radius 3 is 2.89 bits per heavy atom. The second-order valence-electron chi connectivity index (χ2n) is 3.52. The third kappa shape index (κ3) is 2.92. The van der Waals surface area contributed by atoms with Crippen LogP contribution in [0.2, 0.25) is 0 Å². The third-order valence-corrected chi connectivity index (χ3v) is 2.67. The van der Waals surface area contributed by atoms with Crippen molar-refractivity contribution >= 4 is 21.9 Å². The zero-order valence-electron chi connectivity index (χ0n) is 9.06. The van der Waals surface area contributed by atoms with Gasteiger partial charge in [0.05, 0.1) is 12.0 Å². The van der Waals surface area contributed by atoms with Crippen molar-refractivity contribution < 1.29 is 18.7 Å². The van der Waals surface area contributed by atoms with Crippen molar-refractivity contribution in [1.82, 2.24) is 10.2 Å². The van der Waals surface area contributed by atoms with Gasteiger partial charge in [0.25, 0.3) is 5.89 Å². The quantitative estimate of drug-likeness (QED) is 0.938. The van der Waals surface area contributed by atoms with E-state index in [2.05, 4.69) is 26.1 Å². The molecule has 0 radical (unpaired) electrons. The summed E-state index contributed by atoms with van der Waals surface area (Å²) in [5.41, 5.74) is 0.187. The van der Waals surface area contributed by atoms with Crippen molar-refractivity contribution in [3.05, 3.63) is 34.4 Å². The number of aryl methyl sites for hydroxylation is 1. The molecule has 0 saturated heterocycles. The Kier molecular flexibility index (Phi) is 3.71. The van der Waals surface area contributed by atoms with Crippen molar-refractivity contribution in [3.8, 4) is 11.5 Å². The van der Waals surface area contributed by atoms with E-state index in [0.717, 1.165) is 0 Å². The molecule has 5 nitrogen and oxygen atoms in total. The largest absolute Gasteiger partial charge is 0.481 e. The minimum atomic E-state index is -0.954. The number of hydrogen-bond acceptors (Lipinski definition) is 4. The van der Waals surface area contributed by atoms with Gasteiger partial charge in [-0.2, -0.15) is 0 Å². The minimum Gasteiger partial charge on any atom is -0.481 e. The standard InChI is InChI=1S/C11H8BrFN2O3/c12-6-1-2-7(8(13)5-6)11-15-14-9(18-11)3-4-10(16)17/h1-2,5H,3-4H2,(H,16,17). The summed E-state index contributed by atoms with van der Waals surface area (Å²) in [6, 6.07) is 4.45. The van der Waals surface area contributed by atoms with E-state index in [4.69, 9.17) is 9.52 Å². The molecule has 7 heteroatoms. The van der Waals surface area contributed by atoms with Gasteiger partial charge in [-0.1, -0.05) is 15.9 Å². The molecule has 2 rings (SSSR count). The predicted molar refractivity (Wildman–Crippen MR) is 63.3 cm³/mol. The average molecular weight is 315 g/mol. The number of rotatable bonds is 4. The van der Waals surface area contributed by atoms with E-state index in [9.17, 15) is 9.18 Å². The second kappa shape index (κ2) is 5.26. The van der Waals surface area contributed by atoms with E-state index < -0.39 is 11.8 Å². The molecule has 0 aliphatic rings. The van der Waals surface area contributed by atoms with Crippen LogP contribution in [0, 0.1) is 5.82 Å². The third-order valence-electron chi connectivity index (χ3n) is 2.18. The molecule has 94 valence electrons. The lowest BCUT2D eigenvalue weighted by Gasteiger charge is -1.97. The van der Waals surface area contributed by atoms with Crippen molar-refractivity contribution in [3.63, 3.8) is 0 Å². The fraction of sp³-hybridized carbons (Fsp3) is 0.182. The number of nitrogens with zero attached hydrogens (tertiary/aromatic N) is 2. The smallest absolute Gasteiger partial charge is 0.303 e. The summed E-state index contributed by atoms with van der Waals surface area (Å²) in [6.45, 7) is 0. The monoisotopic (exact) mass is 314 g/mol. The van der Waals surface area contributed by atoms with Crippen molar-refractivity contribution in [2.45, 2.75) is 12.8 Å². The number of carboxylic acid groups (broad SMARTS) is 1. The van der Waals surface area contributed by atoms with E-state index in [-0.39, 0.29) is 30.2 Å². The molecule has 0 saturated carbocycles. The number of halogens is 2. The van der Waals surface area contributed by atoms with Crippen LogP contribution in [0.3, 0.4) is 0 Å². The van der Waals surface area contributed by atoms with E-state index in [1.165, 1.54) is 12.1 Å². The summed E-state index contributed by atoms with van der Waals surface area (Å²) in [7, 11) is 0. The van der Waals surface area contributed by atoms with Gasteiger partial charge in [-0.05, 0) is 18.2 Å². The zero-order valence-corrected chi connectivity index (χ0v) is 10.6. The number of hydrogen-bond donors (Lipinski definition) is 1. The van der Waals surface area contributed by atoms with Gasteiger partial charge in [-0.3, -0.25) is 4.79 Å². The Morgan fingerprint density at radius 1 is 1.44 bits per heavy atom. The lowest BCUT2D eigenvalue weighted by atomic mass is 10.2. The SMILES string of the molecule is O=C(O)CCc1nnc(-c2ccc(Br)cc2F)o1. The minimum absolute atomic E-state index is 0.0420. The van der Waals surface area contributed by atoms with Crippen LogP contribution in [0.1, 0.15) is 12.3 Å². The Hall–Kier alpha value is -1.76. The van der Waals surface area contributed by atoms with Gasteiger partial charge in [0.1, 0.15) is 5.82 Å². The summed E-state index contributed by atoms with van der Waals surface area (Å²) in [5.74, 6) is -1.22. The molecule has 1 heterocycles. The first-order valence-corrected chi connectivity index (χ1v) is 5.85. The van der Waals surface area contributed by atoms with Gasteiger partial charge in [0, 0.05) is 10.9 Å². The topological polar surface area (TPSA) is 76.2 Å². The van der Waals surface area contributed by atoms with Gasteiger partial charge in [0.2, 0.25) is 5.89 Å². The molecular weight excluding hydrogens is 307 g/mol. The van der Waals surface area contributed by atoms with Crippen LogP contribution >= 0.6 is 15.9 Å². The molecule has 0 aliphatic carbocycles. The fourth-order valence-electron chi connectivity index (χ4n) is 1.34. The molecule has 0 spiro atoms. The molecule has 18 heavy (non-hydrogen) atoms. The first kappa shape index (κ1) is 12.7. The van der Waals surface area contributed by atoms with Crippen LogP contribution in [0.15, 0.2) is 27.1 Å². The van der Waals surface area contributed by atoms with Crippen molar-refractivity contribution in [2.24, 2.45) is 0 Å². The molecule has 1 aromatic heterocycles. The van der Waals surface area contributed by atoms with Crippen LogP contribution in [0.25, 0.3) is 11.5 Å². The lowest BCUT2D eigenvalue weighted by molar-refractivity contribution is -0.137. The Labute approximate surface area is 110 Å². The highest BCUT2D eigenvalue weighted by Gasteiger charge is 2.13. The Bertz CT molecular complexity index is 585. The van der Waals surface area contributed by atoms with Crippen LogP contribution in [-0.2, 0) is 11.2 Å². The van der Waals surface area contributed by atoms with Gasteiger partial charge in [-0.25, -0.2) is 4.39 Å². The molecule has 1 aromatic carbocycles. The normalized spacial score (nSPS) is 10.6. The van der Waals surface area contributed by atoms with Crippen molar-refractivity contribution in [1.29, 1.82) is 0 Å². The summed E-state index contributed by atoms with van der Waals surface area (Å²) in [6.07, 6.45) is 0.0188. The highest BCUT2D eigenvalue weighted by atomic mass is 79.9. The summed E-state index contributed by atoms with van der Waals surface area (Å²) in [4.78, 5) is 10.4. The van der Waals surface area contributed by atoms with Gasteiger partial charge >= 0.3 is 5.97 Å². The molecule has 0 aliphatic heterocycles. The molecule has 1 N–H and O–H groups in total. The number of aromatic nitrogens is 2. The van der Waals surface area contributed by atoms with E-state index in [0.29, 0.717) is 4.47 Å². The predicted octanol–water partition coefficient (Wildman–Crippen LogP) is 2.66. The molecule has 0 unspecified atom stereocenters. The Balaban J connectivity index is 2.21. The second-order valence-corrected chi connectivity index (χ2v) is 4.43. The van der Waals surface area contributed by atoms with Crippen LogP contribution in [0.4, 0.5) is 4.39 Å². The maximum Gasteiger partial charge on any atom is 0.303 e. The summed E-state index contributed by atoms with van der Waals surface area (Å²) >= 11 is 3.14. The molecule has 0 amide bonds. The average Bonchev–Trinajstić information content (AvgIpc) is 2.75. The number of benzene rings is 1. The van der Waals surface area contributed by atoms with E-state index >= 15 is 0 Å². The van der Waals surface area contributed by atoms with Gasteiger partial charge in [0.15, 0.2) is 0 Å². The maximum atomic E-state index is 13.6. The highest BCUT2D eigenvalue weighted by molar-refractivity contribution is 9.10. The highest BCUT2D eigenvalue weighted by Crippen LogP contribution is 2.24. The first-order valence-electron chi connectivity index (χ1n) is 5.06. The maximum absolute atomic E-state index is 13.6. The molecule has 0 atom stereocenters. The Morgan fingerprint density at radius 2 is 2.22 bits per heavy atom. The number of carbonyl (C=O) groups is 1. The zero-order chi connectivity index (χ0) is 13.1. The number of carboxylic acids is 1. The fourth-order valence-corrected chi connectivity index (χ4v) is 1.67. The summed E-state index contributed by atoms with van der Waals surface area (Å²) < 4.78 is 19.4. The van der Waals surface area contributed by atoms with Crippen LogP contribution < -0.4 is 0 Å². The van der Waals surface area contributed by atoms with Gasteiger partial charge < -0.3 is 9.52 Å². The molecule has 0 bridgehead atoms. The molecular formula is C11H8BrFN2O3. The van der Waals surface area contributed by atoms with Crippen LogP contribution in [-0.4, -0.2) is 21.3 Å². The first-order chi connectivity index (χ1) is 8.56. The summed E-state index contributed by atoms with van der Waals surface area (Å²) in [5, 5.41) is 15.9. The van der Waals surface area contributed by atoms with E-state index in [1.807, 2.05) is 0 Å². The van der Waals surface area contributed by atoms with Crippen LogP contribution in [0.5, 0.6) is 0 Å². The molecule has 2 aromatic rings. The number of aliphatic carboxylic acids is 1. The van der Waals surface area contributed by atoms with Gasteiger partial charge in [-0.15, -0.1) is 10.2 Å². The van der Waals surface area contributed by atoms with Crippen molar-refractivity contribution in [2.75, 3.05) is 0 Å².